The van der Waals surface area contributed by atoms with Gasteiger partial charge in [0.15, 0.2) is 0 Å². The van der Waals surface area contributed by atoms with Crippen LogP contribution in [0, 0.1) is 0 Å². The second-order valence-electron chi connectivity index (χ2n) is 14.3. The minimum atomic E-state index is 0.304. The molecule has 1 fully saturated rings. The van der Waals surface area contributed by atoms with Crippen LogP contribution < -0.4 is 9.64 Å². The Kier molecular flexibility index (Phi) is 6.60. The largest absolute Gasteiger partial charge is 0.489 e. The van der Waals surface area contributed by atoms with Gasteiger partial charge in [0.1, 0.15) is 23.0 Å². The predicted octanol–water partition coefficient (Wildman–Crippen LogP) is 13.2. The van der Waals surface area contributed by atoms with Crippen LogP contribution in [-0.2, 0) is 0 Å². The zero-order chi connectivity index (χ0) is 34.2. The molecule has 1 aliphatic carbocycles. The molecule has 2 aromatic heterocycles. The highest BCUT2D eigenvalue weighted by Crippen LogP contribution is 2.48. The maximum absolute atomic E-state index is 6.48. The Morgan fingerprint density at radius 3 is 1.94 bits per heavy atom. The Balaban J connectivity index is 1.03. The van der Waals surface area contributed by atoms with Crippen molar-refractivity contribution in [3.63, 3.8) is 0 Å². The standard InChI is InChI=1S/C48H36N2O2/c1-5-16-43-37(10-1)38-11-2-6-17-44(38)50(43)34-26-24-33(25-27-34)49(35-28-29-47-42(30-35)40-13-4-7-18-45(40)51-47)32-22-20-31(21-23-32)36-14-9-15-41-39-12-3-8-19-46(39)52-48(36)41/h1-3,5-6,8-12,14-17,19-30,40,45H,4,7,13,18H2. The lowest BCUT2D eigenvalue weighted by molar-refractivity contribution is 0.164. The zero-order valence-electron chi connectivity index (χ0n) is 28.7. The molecule has 52 heavy (non-hydrogen) atoms. The average Bonchev–Trinajstić information content (AvgIpc) is 3.88. The molecule has 0 bridgehead atoms. The van der Waals surface area contributed by atoms with E-state index in [1.54, 1.807) is 0 Å². The highest BCUT2D eigenvalue weighted by atomic mass is 16.5. The van der Waals surface area contributed by atoms with Crippen LogP contribution in [0.3, 0.4) is 0 Å². The number of aromatic nitrogens is 1. The highest BCUT2D eigenvalue weighted by Gasteiger charge is 2.36. The van der Waals surface area contributed by atoms with E-state index in [-0.39, 0.29) is 0 Å². The molecule has 4 heteroatoms. The van der Waals surface area contributed by atoms with Gasteiger partial charge in [-0.2, -0.15) is 0 Å². The van der Waals surface area contributed by atoms with Gasteiger partial charge in [0.2, 0.25) is 0 Å². The van der Waals surface area contributed by atoms with Crippen molar-refractivity contribution in [1.29, 1.82) is 0 Å². The molecule has 0 amide bonds. The van der Waals surface area contributed by atoms with Gasteiger partial charge in [-0.1, -0.05) is 91.3 Å². The summed E-state index contributed by atoms with van der Waals surface area (Å²) in [5, 5.41) is 4.82. The molecule has 2 unspecified atom stereocenters. The van der Waals surface area contributed by atoms with Crippen molar-refractivity contribution in [2.75, 3.05) is 4.90 Å². The molecule has 11 rings (SSSR count). The van der Waals surface area contributed by atoms with E-state index in [0.29, 0.717) is 12.0 Å². The van der Waals surface area contributed by atoms with Crippen LogP contribution in [0.4, 0.5) is 17.1 Å². The number of para-hydroxylation sites is 4. The van der Waals surface area contributed by atoms with Crippen LogP contribution in [0.2, 0.25) is 0 Å². The number of nitrogens with zero attached hydrogens (tertiary/aromatic N) is 2. The fourth-order valence-electron chi connectivity index (χ4n) is 8.99. The van der Waals surface area contributed by atoms with E-state index < -0.39 is 0 Å². The van der Waals surface area contributed by atoms with E-state index in [1.807, 2.05) is 12.1 Å². The van der Waals surface area contributed by atoms with Crippen molar-refractivity contribution >= 4 is 60.8 Å². The molecule has 0 spiro atoms. The van der Waals surface area contributed by atoms with Crippen molar-refractivity contribution in [3.8, 4) is 22.6 Å². The van der Waals surface area contributed by atoms with Crippen LogP contribution in [-0.4, -0.2) is 10.7 Å². The molecule has 4 nitrogen and oxygen atoms in total. The molecule has 2 atom stereocenters. The van der Waals surface area contributed by atoms with Crippen molar-refractivity contribution in [2.45, 2.75) is 37.7 Å². The number of furan rings is 1. The molecule has 250 valence electrons. The number of fused-ring (bicyclic) bond motifs is 9. The summed E-state index contributed by atoms with van der Waals surface area (Å²) in [7, 11) is 0. The maximum atomic E-state index is 6.48. The SMILES string of the molecule is c1ccc2c(c1)oc1c(-c3ccc(N(c4ccc(-n5c6ccccc6c6ccccc65)cc4)c4ccc5c(c4)C4CCCCC4O5)cc3)cccc12. The maximum Gasteiger partial charge on any atom is 0.143 e. The molecular formula is C48H36N2O2. The third-order valence-corrected chi connectivity index (χ3v) is 11.4. The fourth-order valence-corrected chi connectivity index (χ4v) is 8.99. The van der Waals surface area contributed by atoms with Crippen LogP contribution >= 0.6 is 0 Å². The first-order valence-corrected chi connectivity index (χ1v) is 18.5. The number of hydrogen-bond acceptors (Lipinski definition) is 3. The normalized spacial score (nSPS) is 16.7. The lowest BCUT2D eigenvalue weighted by Gasteiger charge is -2.27. The second-order valence-corrected chi connectivity index (χ2v) is 14.3. The first-order chi connectivity index (χ1) is 25.8. The van der Waals surface area contributed by atoms with Crippen molar-refractivity contribution in [1.82, 2.24) is 4.57 Å². The van der Waals surface area contributed by atoms with E-state index >= 15 is 0 Å². The summed E-state index contributed by atoms with van der Waals surface area (Å²) < 4.78 is 15.3. The van der Waals surface area contributed by atoms with Crippen LogP contribution in [0.15, 0.2) is 162 Å². The Morgan fingerprint density at radius 1 is 0.538 bits per heavy atom. The second kappa shape index (κ2) is 11.6. The summed E-state index contributed by atoms with van der Waals surface area (Å²) in [5.41, 5.74) is 12.3. The fraction of sp³-hybridized carbons (Fsp3) is 0.125. The monoisotopic (exact) mass is 672 g/mol. The Morgan fingerprint density at radius 2 is 1.17 bits per heavy atom. The van der Waals surface area contributed by atoms with Crippen LogP contribution in [0.1, 0.15) is 37.2 Å². The summed E-state index contributed by atoms with van der Waals surface area (Å²) in [5.74, 6) is 1.52. The van der Waals surface area contributed by atoms with E-state index in [4.69, 9.17) is 9.15 Å². The first-order valence-electron chi connectivity index (χ1n) is 18.5. The van der Waals surface area contributed by atoms with Gasteiger partial charge in [-0.15, -0.1) is 0 Å². The molecule has 7 aromatic carbocycles. The zero-order valence-corrected chi connectivity index (χ0v) is 28.7. The van der Waals surface area contributed by atoms with Gasteiger partial charge in [0.25, 0.3) is 0 Å². The minimum Gasteiger partial charge on any atom is -0.489 e. The molecule has 2 aliphatic rings. The lowest BCUT2D eigenvalue weighted by Crippen LogP contribution is -2.22. The van der Waals surface area contributed by atoms with Gasteiger partial charge in [0.05, 0.1) is 11.0 Å². The summed E-state index contributed by atoms with van der Waals surface area (Å²) in [6, 6.07) is 56.9. The van der Waals surface area contributed by atoms with Gasteiger partial charge in [0, 0.05) is 61.3 Å². The number of benzene rings is 7. The molecule has 0 saturated heterocycles. The molecule has 1 saturated carbocycles. The van der Waals surface area contributed by atoms with Gasteiger partial charge < -0.3 is 18.6 Å². The van der Waals surface area contributed by atoms with E-state index in [0.717, 1.165) is 68.0 Å². The first kappa shape index (κ1) is 29.5. The minimum absolute atomic E-state index is 0.304. The quantitative estimate of drug-likeness (QED) is 0.182. The van der Waals surface area contributed by atoms with E-state index in [2.05, 4.69) is 155 Å². The van der Waals surface area contributed by atoms with Crippen LogP contribution in [0.25, 0.3) is 60.6 Å². The molecular weight excluding hydrogens is 637 g/mol. The molecule has 0 radical (unpaired) electrons. The van der Waals surface area contributed by atoms with Gasteiger partial charge in [-0.3, -0.25) is 0 Å². The molecule has 0 N–H and O–H groups in total. The summed E-state index contributed by atoms with van der Waals surface area (Å²) in [6.45, 7) is 0. The van der Waals surface area contributed by atoms with Crippen molar-refractivity contribution < 1.29 is 9.15 Å². The number of hydrogen-bond donors (Lipinski definition) is 0. The lowest BCUT2D eigenvalue weighted by atomic mass is 9.83. The third kappa shape index (κ3) is 4.53. The van der Waals surface area contributed by atoms with Gasteiger partial charge in [-0.05, 0) is 97.6 Å². The predicted molar refractivity (Wildman–Crippen MR) is 214 cm³/mol. The molecule has 3 heterocycles. The van der Waals surface area contributed by atoms with E-state index in [9.17, 15) is 0 Å². The van der Waals surface area contributed by atoms with Crippen LogP contribution in [0.5, 0.6) is 5.75 Å². The highest BCUT2D eigenvalue weighted by molar-refractivity contribution is 6.10. The Labute approximate surface area is 302 Å². The topological polar surface area (TPSA) is 30.5 Å². The summed E-state index contributed by atoms with van der Waals surface area (Å²) >= 11 is 0. The average molecular weight is 673 g/mol. The Hall–Kier alpha value is -6.26. The molecule has 1 aliphatic heterocycles. The number of rotatable bonds is 5. The smallest absolute Gasteiger partial charge is 0.143 e. The Bertz CT molecular complexity index is 2740. The van der Waals surface area contributed by atoms with Crippen molar-refractivity contribution in [3.05, 3.63) is 163 Å². The third-order valence-electron chi connectivity index (χ3n) is 11.4. The van der Waals surface area contributed by atoms with Crippen molar-refractivity contribution in [2.24, 2.45) is 0 Å². The number of anilines is 3. The van der Waals surface area contributed by atoms with E-state index in [1.165, 1.54) is 46.6 Å². The summed E-state index contributed by atoms with van der Waals surface area (Å²) in [4.78, 5) is 2.39. The van der Waals surface area contributed by atoms with Gasteiger partial charge in [-0.25, -0.2) is 0 Å². The molecule has 9 aromatic rings. The summed E-state index contributed by atoms with van der Waals surface area (Å²) in [6.07, 6.45) is 5.15. The van der Waals surface area contributed by atoms with Gasteiger partial charge >= 0.3 is 0 Å². The number of ether oxygens (including phenoxy) is 1.